The number of carbonyl (C=O) groups is 1. The number of esters is 1. The highest BCUT2D eigenvalue weighted by Crippen LogP contribution is 2.12. The summed E-state index contributed by atoms with van der Waals surface area (Å²) >= 11 is 0. The summed E-state index contributed by atoms with van der Waals surface area (Å²) in [4.78, 5) is 14.9. The van der Waals surface area contributed by atoms with Crippen molar-refractivity contribution in [2.24, 2.45) is 0 Å². The molecule has 0 saturated heterocycles. The third-order valence-corrected chi connectivity index (χ3v) is 2.53. The molecule has 0 fully saturated rings. The predicted octanol–water partition coefficient (Wildman–Crippen LogP) is 2.18. The molecular formula is C13H15N2O2. The molecular weight excluding hydrogens is 216 g/mol. The molecule has 0 aromatic carbocycles. The summed E-state index contributed by atoms with van der Waals surface area (Å²) in [6, 6.07) is 7.07. The van der Waals surface area contributed by atoms with Crippen LogP contribution in [0.25, 0.3) is 11.0 Å². The van der Waals surface area contributed by atoms with Crippen molar-refractivity contribution in [2.45, 2.75) is 26.3 Å². The zero-order chi connectivity index (χ0) is 12.1. The van der Waals surface area contributed by atoms with Crippen molar-refractivity contribution in [3.8, 4) is 0 Å². The molecule has 2 aromatic heterocycles. The molecule has 89 valence electrons. The van der Waals surface area contributed by atoms with E-state index in [0.29, 0.717) is 6.61 Å². The van der Waals surface area contributed by atoms with E-state index in [2.05, 4.69) is 15.6 Å². The van der Waals surface area contributed by atoms with Crippen molar-refractivity contribution in [2.75, 3.05) is 6.61 Å². The first-order valence-electron chi connectivity index (χ1n) is 5.72. The van der Waals surface area contributed by atoms with Gasteiger partial charge in [0.1, 0.15) is 5.65 Å². The fraction of sp³-hybridized carbons (Fsp3) is 0.385. The number of nitrogens with zero attached hydrogens (tertiary/aromatic N) is 2. The number of fused-ring (bicyclic) bond motifs is 1. The summed E-state index contributed by atoms with van der Waals surface area (Å²) in [6.07, 6.45) is 5.53. The molecule has 0 unspecified atom stereocenters. The molecule has 2 aromatic rings. The molecule has 0 atom stereocenters. The molecule has 4 nitrogen and oxygen atoms in total. The fourth-order valence-electron chi connectivity index (χ4n) is 1.72. The Kier molecular flexibility index (Phi) is 3.75. The van der Waals surface area contributed by atoms with Crippen LogP contribution >= 0.6 is 0 Å². The number of rotatable bonds is 5. The van der Waals surface area contributed by atoms with E-state index < -0.39 is 0 Å². The van der Waals surface area contributed by atoms with Crippen LogP contribution in [0.5, 0.6) is 0 Å². The van der Waals surface area contributed by atoms with Crippen LogP contribution in [0.4, 0.5) is 0 Å². The van der Waals surface area contributed by atoms with Crippen molar-refractivity contribution in [1.82, 2.24) is 9.55 Å². The van der Waals surface area contributed by atoms with Gasteiger partial charge in [0.2, 0.25) is 0 Å². The van der Waals surface area contributed by atoms with Crippen LogP contribution in [0.1, 0.15) is 19.8 Å². The van der Waals surface area contributed by atoms with Gasteiger partial charge in [-0.1, -0.05) is 0 Å². The first kappa shape index (κ1) is 11.6. The molecule has 0 N–H and O–H groups in total. The minimum Gasteiger partial charge on any atom is -0.466 e. The summed E-state index contributed by atoms with van der Waals surface area (Å²) in [5.41, 5.74) is 0.958. The maximum Gasteiger partial charge on any atom is 0.302 e. The molecule has 4 heteroatoms. The Morgan fingerprint density at radius 3 is 3.24 bits per heavy atom. The van der Waals surface area contributed by atoms with Crippen LogP contribution in [-0.4, -0.2) is 22.1 Å². The van der Waals surface area contributed by atoms with Gasteiger partial charge in [-0.05, 0) is 25.0 Å². The molecule has 2 rings (SSSR count). The third-order valence-electron chi connectivity index (χ3n) is 2.53. The van der Waals surface area contributed by atoms with Gasteiger partial charge >= 0.3 is 5.97 Å². The van der Waals surface area contributed by atoms with Gasteiger partial charge < -0.3 is 9.30 Å². The number of ether oxygens (including phenoxy) is 1. The first-order chi connectivity index (χ1) is 8.27. The molecule has 2 heterocycles. The number of unbranched alkanes of at least 4 members (excludes halogenated alkanes) is 1. The largest absolute Gasteiger partial charge is 0.466 e. The lowest BCUT2D eigenvalue weighted by Crippen LogP contribution is -2.03. The highest BCUT2D eigenvalue weighted by Gasteiger charge is 2.01. The second kappa shape index (κ2) is 5.48. The SMILES string of the molecule is CC(=O)OCCCCn1c[c]c2cccnc21. The minimum atomic E-state index is -0.216. The van der Waals surface area contributed by atoms with E-state index in [1.54, 1.807) is 6.20 Å². The van der Waals surface area contributed by atoms with Crippen LogP contribution < -0.4 is 0 Å². The van der Waals surface area contributed by atoms with E-state index in [4.69, 9.17) is 4.74 Å². The van der Waals surface area contributed by atoms with Gasteiger partial charge in [-0.25, -0.2) is 4.98 Å². The van der Waals surface area contributed by atoms with Gasteiger partial charge in [0.25, 0.3) is 0 Å². The lowest BCUT2D eigenvalue weighted by molar-refractivity contribution is -0.141. The molecule has 0 aliphatic rings. The van der Waals surface area contributed by atoms with E-state index in [1.165, 1.54) is 6.92 Å². The van der Waals surface area contributed by atoms with Crippen LogP contribution in [-0.2, 0) is 16.1 Å². The minimum absolute atomic E-state index is 0.216. The Hall–Kier alpha value is -1.84. The molecule has 1 radical (unpaired) electrons. The third kappa shape index (κ3) is 3.06. The van der Waals surface area contributed by atoms with Gasteiger partial charge in [0.05, 0.1) is 6.61 Å². The molecule has 0 aliphatic carbocycles. The summed E-state index contributed by atoms with van der Waals surface area (Å²) in [7, 11) is 0. The molecule has 0 aliphatic heterocycles. The Morgan fingerprint density at radius 2 is 2.41 bits per heavy atom. The summed E-state index contributed by atoms with van der Waals surface area (Å²) in [5, 5.41) is 1.03. The zero-order valence-electron chi connectivity index (χ0n) is 9.85. The van der Waals surface area contributed by atoms with Crippen LogP contribution in [0.15, 0.2) is 24.5 Å². The molecule has 0 spiro atoms. The van der Waals surface area contributed by atoms with Crippen molar-refractivity contribution in [1.29, 1.82) is 0 Å². The van der Waals surface area contributed by atoms with Gasteiger partial charge in [0, 0.05) is 37.3 Å². The average molecular weight is 231 g/mol. The van der Waals surface area contributed by atoms with Crippen LogP contribution in [0, 0.1) is 6.07 Å². The van der Waals surface area contributed by atoms with Crippen molar-refractivity contribution in [3.63, 3.8) is 0 Å². The zero-order valence-corrected chi connectivity index (χ0v) is 9.85. The Balaban J connectivity index is 1.85. The number of hydrogen-bond acceptors (Lipinski definition) is 3. The maximum atomic E-state index is 10.6. The average Bonchev–Trinajstić information content (AvgIpc) is 2.72. The predicted molar refractivity (Wildman–Crippen MR) is 64.4 cm³/mol. The number of aryl methyl sites for hydroxylation is 1. The lowest BCUT2D eigenvalue weighted by atomic mass is 10.3. The summed E-state index contributed by atoms with van der Waals surface area (Å²) in [5.74, 6) is -0.216. The Morgan fingerprint density at radius 1 is 1.53 bits per heavy atom. The fourth-order valence-corrected chi connectivity index (χ4v) is 1.72. The van der Waals surface area contributed by atoms with Gasteiger partial charge in [-0.15, -0.1) is 0 Å². The Labute approximate surface area is 100 Å². The second-order valence-electron chi connectivity index (χ2n) is 3.89. The maximum absolute atomic E-state index is 10.6. The van der Waals surface area contributed by atoms with E-state index in [0.717, 1.165) is 30.4 Å². The highest BCUT2D eigenvalue weighted by molar-refractivity contribution is 5.74. The van der Waals surface area contributed by atoms with Crippen molar-refractivity contribution in [3.05, 3.63) is 30.6 Å². The second-order valence-corrected chi connectivity index (χ2v) is 3.89. The quantitative estimate of drug-likeness (QED) is 0.585. The molecule has 0 bridgehead atoms. The molecule has 17 heavy (non-hydrogen) atoms. The number of carbonyl (C=O) groups excluding carboxylic acids is 1. The van der Waals surface area contributed by atoms with Crippen LogP contribution in [0.3, 0.4) is 0 Å². The number of pyridine rings is 1. The Bertz CT molecular complexity index is 505. The summed E-state index contributed by atoms with van der Waals surface area (Å²) < 4.78 is 6.95. The van der Waals surface area contributed by atoms with Crippen LogP contribution in [0.2, 0.25) is 0 Å². The van der Waals surface area contributed by atoms with Gasteiger partial charge in [-0.3, -0.25) is 4.79 Å². The normalized spacial score (nSPS) is 10.6. The van der Waals surface area contributed by atoms with E-state index in [1.807, 2.05) is 18.3 Å². The van der Waals surface area contributed by atoms with E-state index in [9.17, 15) is 4.79 Å². The topological polar surface area (TPSA) is 44.1 Å². The standard InChI is InChI=1S/C13H15N2O2/c1-11(16)17-10-3-2-8-15-9-6-12-5-4-7-14-13(12)15/h4-5,7,9H,2-3,8,10H2,1H3. The summed E-state index contributed by atoms with van der Waals surface area (Å²) in [6.45, 7) is 2.79. The monoisotopic (exact) mass is 231 g/mol. The lowest BCUT2D eigenvalue weighted by Gasteiger charge is -2.04. The highest BCUT2D eigenvalue weighted by atomic mass is 16.5. The van der Waals surface area contributed by atoms with Gasteiger partial charge in [0.15, 0.2) is 0 Å². The number of hydrogen-bond donors (Lipinski definition) is 0. The molecule has 0 amide bonds. The van der Waals surface area contributed by atoms with Crippen molar-refractivity contribution >= 4 is 17.0 Å². The van der Waals surface area contributed by atoms with Gasteiger partial charge in [-0.2, -0.15) is 0 Å². The number of aromatic nitrogens is 2. The first-order valence-corrected chi connectivity index (χ1v) is 5.72. The molecule has 0 saturated carbocycles. The van der Waals surface area contributed by atoms with Crippen molar-refractivity contribution < 1.29 is 9.53 Å². The van der Waals surface area contributed by atoms with E-state index >= 15 is 0 Å². The smallest absolute Gasteiger partial charge is 0.302 e. The van der Waals surface area contributed by atoms with E-state index in [-0.39, 0.29) is 5.97 Å².